The molecule has 2 heterocycles. The van der Waals surface area contributed by atoms with E-state index in [1.807, 2.05) is 0 Å². The van der Waals surface area contributed by atoms with Gasteiger partial charge in [-0.1, -0.05) is 63.9 Å². The number of anilines is 3. The molecule has 0 fully saturated rings. The molecule has 2 atom stereocenters. The summed E-state index contributed by atoms with van der Waals surface area (Å²) in [5.41, 5.74) is 5.78. The van der Waals surface area contributed by atoms with Gasteiger partial charge in [0.1, 0.15) is 6.17 Å². The fraction of sp³-hybridized carbons (Fsp3) is 0.520. The third-order valence-electron chi connectivity index (χ3n) is 6.29. The molecule has 0 amide bonds. The zero-order chi connectivity index (χ0) is 19.5. The summed E-state index contributed by atoms with van der Waals surface area (Å²) in [6.45, 7) is 10.3. The number of hydrogen-bond acceptors (Lipinski definition) is 3. The summed E-state index contributed by atoms with van der Waals surface area (Å²) in [4.78, 5) is 8.10. The number of para-hydroxylation sites is 3. The summed E-state index contributed by atoms with van der Waals surface area (Å²) in [6.07, 6.45) is 6.52. The molecule has 0 saturated heterocycles. The lowest BCUT2D eigenvalue weighted by atomic mass is 9.98. The summed E-state index contributed by atoms with van der Waals surface area (Å²) < 4.78 is 0. The topological polar surface area (TPSA) is 9.72 Å². The van der Waals surface area contributed by atoms with E-state index in [-0.39, 0.29) is 0 Å². The average molecular weight is 378 g/mol. The van der Waals surface area contributed by atoms with Crippen molar-refractivity contribution in [2.24, 2.45) is 0 Å². The quantitative estimate of drug-likeness (QED) is 0.541. The summed E-state index contributed by atoms with van der Waals surface area (Å²) >= 11 is 0. The first-order valence-corrected chi connectivity index (χ1v) is 11.3. The maximum atomic E-state index is 2.71. The van der Waals surface area contributed by atoms with E-state index >= 15 is 0 Å². The van der Waals surface area contributed by atoms with E-state index in [4.69, 9.17) is 0 Å². The van der Waals surface area contributed by atoms with Crippen LogP contribution in [0.1, 0.15) is 64.5 Å². The molecule has 2 aliphatic rings. The highest BCUT2D eigenvalue weighted by molar-refractivity contribution is 5.80. The average Bonchev–Trinajstić information content (AvgIpc) is 3.06. The van der Waals surface area contributed by atoms with Gasteiger partial charge in [-0.25, -0.2) is 0 Å². The van der Waals surface area contributed by atoms with Crippen molar-refractivity contribution in [2.45, 2.75) is 65.1 Å². The first-order valence-electron chi connectivity index (χ1n) is 11.3. The lowest BCUT2D eigenvalue weighted by molar-refractivity contribution is 0.447. The highest BCUT2D eigenvalue weighted by Gasteiger charge is 2.48. The number of hydrogen-bond donors (Lipinski definition) is 0. The molecule has 2 aromatic rings. The van der Waals surface area contributed by atoms with Crippen molar-refractivity contribution in [2.75, 3.05) is 34.3 Å². The third kappa shape index (κ3) is 3.15. The lowest BCUT2D eigenvalue weighted by Crippen LogP contribution is -2.56. The van der Waals surface area contributed by atoms with Gasteiger partial charge in [-0.3, -0.25) is 0 Å². The van der Waals surface area contributed by atoms with Gasteiger partial charge in [0.25, 0.3) is 0 Å². The third-order valence-corrected chi connectivity index (χ3v) is 6.29. The number of rotatable bonds is 8. The summed E-state index contributed by atoms with van der Waals surface area (Å²) in [5, 5.41) is 0. The second-order valence-electron chi connectivity index (χ2n) is 8.19. The van der Waals surface area contributed by atoms with E-state index in [1.165, 1.54) is 54.7 Å². The molecule has 3 heteroatoms. The Morgan fingerprint density at radius 1 is 0.607 bits per heavy atom. The summed E-state index contributed by atoms with van der Waals surface area (Å²) in [5.74, 6) is 0. The number of fused-ring (bicyclic) bond motifs is 4. The van der Waals surface area contributed by atoms with Gasteiger partial charge < -0.3 is 14.7 Å². The molecule has 2 aromatic carbocycles. The van der Waals surface area contributed by atoms with Gasteiger partial charge in [0, 0.05) is 30.9 Å². The number of unbranched alkanes of at least 4 members (excludes halogenated alkanes) is 2. The molecule has 2 unspecified atom stereocenters. The Kier molecular flexibility index (Phi) is 5.79. The fourth-order valence-electron chi connectivity index (χ4n) is 5.05. The van der Waals surface area contributed by atoms with Crippen LogP contribution in [0.2, 0.25) is 0 Å². The molecule has 0 radical (unpaired) electrons. The maximum Gasteiger partial charge on any atom is 0.127 e. The number of benzene rings is 2. The second-order valence-corrected chi connectivity index (χ2v) is 8.19. The smallest absolute Gasteiger partial charge is 0.127 e. The van der Waals surface area contributed by atoms with Crippen molar-refractivity contribution in [3.05, 3.63) is 54.1 Å². The molecule has 28 heavy (non-hydrogen) atoms. The van der Waals surface area contributed by atoms with Crippen molar-refractivity contribution >= 4 is 17.1 Å². The van der Waals surface area contributed by atoms with Crippen LogP contribution in [0.4, 0.5) is 17.1 Å². The predicted molar refractivity (Wildman–Crippen MR) is 122 cm³/mol. The Labute approximate surface area is 171 Å². The summed E-state index contributed by atoms with van der Waals surface area (Å²) in [6, 6.07) is 18.6. The Morgan fingerprint density at radius 2 is 1.14 bits per heavy atom. The standard InChI is InChI=1S/C25H35N3/c1-4-7-18-26-22-15-11-12-16-23(22)27(17-6-3)25-24(26)20-13-9-10-14-21(20)28(25)19-8-5-2/h9-16,24-25H,4-8,17-19H2,1-3H3. The van der Waals surface area contributed by atoms with Crippen LogP contribution in [0.15, 0.2) is 48.5 Å². The molecule has 0 aliphatic carbocycles. The predicted octanol–water partition coefficient (Wildman–Crippen LogP) is 6.21. The maximum absolute atomic E-state index is 2.71. The summed E-state index contributed by atoms with van der Waals surface area (Å²) in [7, 11) is 0. The van der Waals surface area contributed by atoms with E-state index in [9.17, 15) is 0 Å². The van der Waals surface area contributed by atoms with Crippen LogP contribution >= 0.6 is 0 Å². The van der Waals surface area contributed by atoms with Gasteiger partial charge in [0.15, 0.2) is 0 Å². The largest absolute Gasteiger partial charge is 0.359 e. The minimum atomic E-state index is 0.399. The van der Waals surface area contributed by atoms with E-state index in [1.54, 1.807) is 0 Å². The molecule has 0 aromatic heterocycles. The molecule has 3 nitrogen and oxygen atoms in total. The monoisotopic (exact) mass is 377 g/mol. The molecule has 0 bridgehead atoms. The Bertz CT molecular complexity index is 787. The van der Waals surface area contributed by atoms with Crippen LogP contribution in [0.3, 0.4) is 0 Å². The van der Waals surface area contributed by atoms with Crippen molar-refractivity contribution in [3.8, 4) is 0 Å². The van der Waals surface area contributed by atoms with Crippen molar-refractivity contribution in [1.82, 2.24) is 0 Å². The Balaban J connectivity index is 1.85. The van der Waals surface area contributed by atoms with Crippen molar-refractivity contribution in [3.63, 3.8) is 0 Å². The second kappa shape index (κ2) is 8.46. The van der Waals surface area contributed by atoms with Gasteiger partial charge >= 0.3 is 0 Å². The van der Waals surface area contributed by atoms with E-state index < -0.39 is 0 Å². The molecule has 0 spiro atoms. The Hall–Kier alpha value is -2.16. The zero-order valence-corrected chi connectivity index (χ0v) is 17.8. The minimum Gasteiger partial charge on any atom is -0.359 e. The van der Waals surface area contributed by atoms with Gasteiger partial charge in [0.05, 0.1) is 17.4 Å². The van der Waals surface area contributed by atoms with Gasteiger partial charge in [-0.15, -0.1) is 0 Å². The molecule has 0 saturated carbocycles. The van der Waals surface area contributed by atoms with Crippen LogP contribution in [-0.2, 0) is 0 Å². The van der Waals surface area contributed by atoms with Crippen LogP contribution in [0.25, 0.3) is 0 Å². The molecule has 2 aliphatic heterocycles. The number of nitrogens with zero attached hydrogens (tertiary/aromatic N) is 3. The van der Waals surface area contributed by atoms with E-state index in [2.05, 4.69) is 84.0 Å². The van der Waals surface area contributed by atoms with Crippen molar-refractivity contribution < 1.29 is 0 Å². The van der Waals surface area contributed by atoms with Crippen LogP contribution in [-0.4, -0.2) is 25.8 Å². The normalized spacial score (nSPS) is 20.2. The van der Waals surface area contributed by atoms with Gasteiger partial charge in [0.2, 0.25) is 0 Å². The fourth-order valence-corrected chi connectivity index (χ4v) is 5.05. The molecule has 0 N–H and O–H groups in total. The lowest BCUT2D eigenvalue weighted by Gasteiger charge is -2.50. The highest BCUT2D eigenvalue weighted by atomic mass is 15.5. The first-order chi connectivity index (χ1) is 13.8. The van der Waals surface area contributed by atoms with Gasteiger partial charge in [-0.2, -0.15) is 0 Å². The molecular formula is C25H35N3. The Morgan fingerprint density at radius 3 is 1.79 bits per heavy atom. The first kappa shape index (κ1) is 19.2. The highest BCUT2D eigenvalue weighted by Crippen LogP contribution is 2.52. The van der Waals surface area contributed by atoms with E-state index in [0.717, 1.165) is 19.6 Å². The SMILES string of the molecule is CCCCN1c2ccccc2N(CCC)C2C1c1ccccc1N2CCCC. The van der Waals surface area contributed by atoms with Crippen LogP contribution in [0.5, 0.6) is 0 Å². The molecule has 150 valence electrons. The van der Waals surface area contributed by atoms with Crippen LogP contribution < -0.4 is 14.7 Å². The van der Waals surface area contributed by atoms with Crippen LogP contribution in [0, 0.1) is 0 Å². The zero-order valence-electron chi connectivity index (χ0n) is 17.8. The minimum absolute atomic E-state index is 0.399. The molecular weight excluding hydrogens is 342 g/mol. The van der Waals surface area contributed by atoms with E-state index in [0.29, 0.717) is 12.2 Å². The van der Waals surface area contributed by atoms with Crippen molar-refractivity contribution in [1.29, 1.82) is 0 Å². The molecule has 4 rings (SSSR count). The van der Waals surface area contributed by atoms with Gasteiger partial charge in [-0.05, 0) is 37.5 Å².